The number of nitrogens with one attached hydrogen (secondary N) is 3. The van der Waals surface area contributed by atoms with Crippen molar-refractivity contribution in [1.29, 1.82) is 0 Å². The summed E-state index contributed by atoms with van der Waals surface area (Å²) in [6.07, 6.45) is 3.19. The third-order valence-corrected chi connectivity index (χ3v) is 13.4. The van der Waals surface area contributed by atoms with Crippen molar-refractivity contribution in [2.75, 3.05) is 30.9 Å². The molecule has 4 aromatic rings. The van der Waals surface area contributed by atoms with Gasteiger partial charge in [0.25, 0.3) is 0 Å². The number of aliphatic carboxylic acids is 1. The molecule has 1 unspecified atom stereocenters. The van der Waals surface area contributed by atoms with Crippen molar-refractivity contribution < 1.29 is 24.2 Å². The van der Waals surface area contributed by atoms with Crippen LogP contribution in [0.3, 0.4) is 0 Å². The van der Waals surface area contributed by atoms with Crippen molar-refractivity contribution in [2.24, 2.45) is 5.92 Å². The number of ether oxygens (including phenoxy) is 1. The van der Waals surface area contributed by atoms with Crippen LogP contribution >= 0.6 is 23.5 Å². The maximum absolute atomic E-state index is 14.0. The van der Waals surface area contributed by atoms with E-state index in [-0.39, 0.29) is 23.9 Å². The zero-order valence-electron chi connectivity index (χ0n) is 35.4. The molecule has 9 nitrogen and oxygen atoms in total. The molecule has 0 aliphatic carbocycles. The lowest BCUT2D eigenvalue weighted by atomic mass is 9.84. The highest BCUT2D eigenvalue weighted by molar-refractivity contribution is 8.00. The fraction of sp³-hybridized carbons (Fsp3) is 0.438. The van der Waals surface area contributed by atoms with Crippen molar-refractivity contribution in [1.82, 2.24) is 20.9 Å². The van der Waals surface area contributed by atoms with E-state index in [1.807, 2.05) is 57.4 Å². The zero-order chi connectivity index (χ0) is 42.4. The molecule has 0 bridgehead atoms. The molecule has 0 spiro atoms. The number of alkyl carbamates (subject to hydrolysis) is 1. The summed E-state index contributed by atoms with van der Waals surface area (Å²) in [6.45, 7) is 11.5. The van der Waals surface area contributed by atoms with E-state index in [9.17, 15) is 19.5 Å². The molecule has 4 aromatic carbocycles. The molecule has 316 valence electrons. The highest BCUT2D eigenvalue weighted by atomic mass is 32.2. The summed E-state index contributed by atoms with van der Waals surface area (Å²) in [5.41, 5.74) is 5.00. The maximum atomic E-state index is 14.0. The normalized spacial score (nSPS) is 16.5. The lowest BCUT2D eigenvalue weighted by Gasteiger charge is -2.40. The third kappa shape index (κ3) is 12.6. The number of carboxylic acid groups (broad SMARTS) is 1. The molecular weight excluding hydrogens is 777 g/mol. The fourth-order valence-electron chi connectivity index (χ4n) is 7.69. The minimum atomic E-state index is -1.02. The summed E-state index contributed by atoms with van der Waals surface area (Å²) >= 11 is 3.35. The van der Waals surface area contributed by atoms with Crippen LogP contribution in [-0.4, -0.2) is 88.6 Å². The molecule has 1 aliphatic rings. The van der Waals surface area contributed by atoms with E-state index in [0.717, 1.165) is 34.2 Å². The summed E-state index contributed by atoms with van der Waals surface area (Å²) < 4.78 is 5.23. The van der Waals surface area contributed by atoms with E-state index in [4.69, 9.17) is 4.74 Å². The summed E-state index contributed by atoms with van der Waals surface area (Å²) in [5, 5.41) is 19.9. The number of carbonyl (C=O) groups excluding carboxylic acids is 2. The Morgan fingerprint density at radius 2 is 1.37 bits per heavy atom. The van der Waals surface area contributed by atoms with Gasteiger partial charge in [-0.25, -0.2) is 9.59 Å². The van der Waals surface area contributed by atoms with Crippen molar-refractivity contribution in [2.45, 2.75) is 94.9 Å². The number of nitrogens with zero attached hydrogens (tertiary/aromatic N) is 1. The SMILES string of the molecule is CC[C@H](C)[C@@H](CN1Cc2ccccc2CC1C(=O)N[C@@H](CCSC)C(=O)O)NC[C@H](CSC(c1ccccc1)(c1ccccc1)c1ccccc1)NC(=O)OC(C)(C)C. The summed E-state index contributed by atoms with van der Waals surface area (Å²) in [4.78, 5) is 41.9. The van der Waals surface area contributed by atoms with Gasteiger partial charge in [0.1, 0.15) is 11.6 Å². The number of carbonyl (C=O) groups is 3. The topological polar surface area (TPSA) is 120 Å². The highest BCUT2D eigenvalue weighted by Crippen LogP contribution is 2.48. The molecule has 1 aliphatic heterocycles. The minimum Gasteiger partial charge on any atom is -0.480 e. The van der Waals surface area contributed by atoms with E-state index < -0.39 is 34.5 Å². The summed E-state index contributed by atoms with van der Waals surface area (Å²) in [6, 6.07) is 37.9. The Morgan fingerprint density at radius 1 is 0.831 bits per heavy atom. The molecule has 59 heavy (non-hydrogen) atoms. The number of hydrogen-bond donors (Lipinski definition) is 4. The van der Waals surface area contributed by atoms with Gasteiger partial charge in [0.05, 0.1) is 16.8 Å². The number of fused-ring (bicyclic) bond motifs is 1. The molecule has 5 rings (SSSR count). The van der Waals surface area contributed by atoms with Gasteiger partial charge in [-0.1, -0.05) is 136 Å². The van der Waals surface area contributed by atoms with Gasteiger partial charge in [-0.2, -0.15) is 11.8 Å². The molecule has 0 saturated heterocycles. The van der Waals surface area contributed by atoms with Crippen molar-refractivity contribution >= 4 is 41.5 Å². The van der Waals surface area contributed by atoms with E-state index in [1.54, 1.807) is 23.5 Å². The average molecular weight is 839 g/mol. The predicted molar refractivity (Wildman–Crippen MR) is 243 cm³/mol. The minimum absolute atomic E-state index is 0.0533. The molecule has 5 atom stereocenters. The summed E-state index contributed by atoms with van der Waals surface area (Å²) in [7, 11) is 0. The van der Waals surface area contributed by atoms with E-state index in [0.29, 0.717) is 44.0 Å². The Balaban J connectivity index is 1.45. The van der Waals surface area contributed by atoms with Crippen LogP contribution in [0.25, 0.3) is 0 Å². The molecule has 1 heterocycles. The first kappa shape index (κ1) is 45.8. The van der Waals surface area contributed by atoms with E-state index in [2.05, 4.69) is 120 Å². The van der Waals surface area contributed by atoms with Gasteiger partial charge in [0, 0.05) is 31.4 Å². The van der Waals surface area contributed by atoms with Crippen LogP contribution in [0.1, 0.15) is 75.3 Å². The molecule has 0 fully saturated rings. The lowest BCUT2D eigenvalue weighted by molar-refractivity contribution is -0.143. The Hall–Kier alpha value is -4.29. The van der Waals surface area contributed by atoms with Crippen LogP contribution < -0.4 is 16.0 Å². The Bertz CT molecular complexity index is 1830. The molecule has 4 N–H and O–H groups in total. The number of amides is 2. The van der Waals surface area contributed by atoms with Gasteiger partial charge in [0.15, 0.2) is 0 Å². The van der Waals surface area contributed by atoms with E-state index >= 15 is 0 Å². The zero-order valence-corrected chi connectivity index (χ0v) is 37.0. The smallest absolute Gasteiger partial charge is 0.407 e. The van der Waals surface area contributed by atoms with Crippen LogP contribution in [0.4, 0.5) is 4.79 Å². The molecule has 0 aromatic heterocycles. The highest BCUT2D eigenvalue weighted by Gasteiger charge is 2.39. The van der Waals surface area contributed by atoms with Gasteiger partial charge in [-0.15, -0.1) is 11.8 Å². The predicted octanol–water partition coefficient (Wildman–Crippen LogP) is 8.36. The van der Waals surface area contributed by atoms with Gasteiger partial charge >= 0.3 is 12.1 Å². The van der Waals surface area contributed by atoms with Crippen LogP contribution in [0, 0.1) is 5.92 Å². The molecule has 11 heteroatoms. The van der Waals surface area contributed by atoms with E-state index in [1.165, 1.54) is 0 Å². The second-order valence-electron chi connectivity index (χ2n) is 16.4. The van der Waals surface area contributed by atoms with Crippen LogP contribution in [0.2, 0.25) is 0 Å². The van der Waals surface area contributed by atoms with Gasteiger partial charge in [-0.3, -0.25) is 9.69 Å². The largest absolute Gasteiger partial charge is 0.480 e. The first-order valence-electron chi connectivity index (χ1n) is 20.7. The average Bonchev–Trinajstić information content (AvgIpc) is 3.23. The number of rotatable bonds is 20. The van der Waals surface area contributed by atoms with Gasteiger partial charge in [0.2, 0.25) is 5.91 Å². The first-order chi connectivity index (χ1) is 28.3. The Labute approximate surface area is 359 Å². The monoisotopic (exact) mass is 838 g/mol. The standard InChI is InChI=1S/C48H62N4O5S2/c1-7-34(2)42(32-52-31-36-20-18-17-19-35(36)29-43(52)44(53)51-41(45(54)55)27-28-58-6)49-30-40(50-46(56)57-47(3,4)5)33-59-48(37-21-11-8-12-22-37,38-23-13-9-14-24-38)39-25-15-10-16-26-39/h8-26,34,40-43,49H,7,27-33H2,1-6H3,(H,50,56)(H,51,53)(H,54,55)/t34-,40+,41-,42+,43?/m0/s1. The molecular formula is C48H62N4O5S2. The number of thioether (sulfide) groups is 2. The van der Waals surface area contributed by atoms with Crippen LogP contribution in [0.5, 0.6) is 0 Å². The Kier molecular flexibility index (Phi) is 16.9. The van der Waals surface area contributed by atoms with Crippen LogP contribution in [-0.2, 0) is 32.0 Å². The number of benzene rings is 4. The third-order valence-electron chi connectivity index (χ3n) is 11.0. The second-order valence-corrected chi connectivity index (χ2v) is 18.7. The lowest BCUT2D eigenvalue weighted by Crippen LogP contribution is -2.58. The first-order valence-corrected chi connectivity index (χ1v) is 23.1. The quantitative estimate of drug-likeness (QED) is 0.0652. The number of hydrogen-bond acceptors (Lipinski definition) is 8. The molecule has 2 amide bonds. The second kappa shape index (κ2) is 21.8. The summed E-state index contributed by atoms with van der Waals surface area (Å²) in [5.74, 6) is 0.111. The van der Waals surface area contributed by atoms with Crippen LogP contribution in [0.15, 0.2) is 115 Å². The fourth-order valence-corrected chi connectivity index (χ4v) is 9.72. The maximum Gasteiger partial charge on any atom is 0.407 e. The molecule has 0 saturated carbocycles. The van der Waals surface area contributed by atoms with Crippen molar-refractivity contribution in [3.63, 3.8) is 0 Å². The number of carboxylic acids is 1. The van der Waals surface area contributed by atoms with Gasteiger partial charge in [-0.05, 0) is 79.4 Å². The van der Waals surface area contributed by atoms with Crippen molar-refractivity contribution in [3.8, 4) is 0 Å². The molecule has 0 radical (unpaired) electrons. The van der Waals surface area contributed by atoms with Gasteiger partial charge < -0.3 is 25.8 Å². The Morgan fingerprint density at radius 3 is 1.88 bits per heavy atom. The van der Waals surface area contributed by atoms with Crippen molar-refractivity contribution in [3.05, 3.63) is 143 Å².